The van der Waals surface area contributed by atoms with Crippen LogP contribution in [0.5, 0.6) is 5.75 Å². The number of hydroxylamine groups is 2. The van der Waals surface area contributed by atoms with Crippen LogP contribution < -0.4 is 4.74 Å². The summed E-state index contributed by atoms with van der Waals surface area (Å²) in [5.41, 5.74) is -8.01. The number of hydrogen-bond acceptors (Lipinski definition) is 4. The average Bonchev–Trinajstić information content (AvgIpc) is 3.41. The molecule has 1 aliphatic heterocycles. The van der Waals surface area contributed by atoms with Crippen molar-refractivity contribution < 1.29 is 67.4 Å². The van der Waals surface area contributed by atoms with Crippen LogP contribution in [0.4, 0.5) is 52.7 Å². The fourth-order valence-electron chi connectivity index (χ4n) is 5.01. The molecule has 0 spiro atoms. The molecule has 0 saturated carbocycles. The van der Waals surface area contributed by atoms with Gasteiger partial charge in [0, 0.05) is 19.0 Å². The van der Waals surface area contributed by atoms with Gasteiger partial charge < -0.3 is 9.84 Å². The molecular weight excluding hydrogens is 626 g/mol. The maximum absolute atomic E-state index is 14.9. The molecule has 16 heteroatoms. The number of alkyl halides is 10. The summed E-state index contributed by atoms with van der Waals surface area (Å²) in [6.45, 7) is -0.802. The van der Waals surface area contributed by atoms with E-state index < -0.39 is 84.5 Å². The van der Waals surface area contributed by atoms with Gasteiger partial charge in [-0.15, -0.1) is 0 Å². The van der Waals surface area contributed by atoms with E-state index >= 15 is 0 Å². The lowest BCUT2D eigenvalue weighted by molar-refractivity contribution is -0.405. The Balaban J connectivity index is 1.97. The highest BCUT2D eigenvalue weighted by atomic mass is 19.4. The first kappa shape index (κ1) is 33.4. The molecule has 1 N–H and O–H groups in total. The van der Waals surface area contributed by atoms with Crippen molar-refractivity contribution in [1.29, 1.82) is 0 Å². The predicted octanol–water partition coefficient (Wildman–Crippen LogP) is 7.55. The Morgan fingerprint density at radius 1 is 0.795 bits per heavy atom. The summed E-state index contributed by atoms with van der Waals surface area (Å²) < 4.78 is 169. The lowest BCUT2D eigenvalue weighted by Crippen LogP contribution is -2.64. The van der Waals surface area contributed by atoms with Crippen molar-refractivity contribution in [1.82, 2.24) is 5.06 Å². The van der Waals surface area contributed by atoms with E-state index in [-0.39, 0.29) is 11.1 Å². The number of ether oxygens (including phenoxy) is 1. The van der Waals surface area contributed by atoms with Crippen molar-refractivity contribution >= 4 is 0 Å². The second kappa shape index (κ2) is 11.8. The van der Waals surface area contributed by atoms with Crippen LogP contribution in [0, 0.1) is 11.6 Å². The summed E-state index contributed by atoms with van der Waals surface area (Å²) in [6, 6.07) is 12.8. The molecule has 1 unspecified atom stereocenters. The van der Waals surface area contributed by atoms with Crippen LogP contribution in [-0.2, 0) is 16.8 Å². The molecule has 1 saturated heterocycles. The third-order valence-electron chi connectivity index (χ3n) is 7.09. The number of benzene rings is 3. The maximum atomic E-state index is 14.9. The number of halogens is 12. The highest BCUT2D eigenvalue weighted by Crippen LogP contribution is 2.51. The van der Waals surface area contributed by atoms with E-state index in [1.54, 1.807) is 6.07 Å². The number of aliphatic hydroxyl groups is 1. The minimum absolute atomic E-state index is 0.150. The summed E-state index contributed by atoms with van der Waals surface area (Å²) in [5, 5.41) is 10.6. The molecule has 0 aromatic heterocycles. The van der Waals surface area contributed by atoms with Gasteiger partial charge in [0.05, 0.1) is 0 Å². The fourth-order valence-corrected chi connectivity index (χ4v) is 5.01. The van der Waals surface area contributed by atoms with Gasteiger partial charge in [-0.05, 0) is 47.4 Å². The molecule has 4 rings (SSSR count). The van der Waals surface area contributed by atoms with Crippen LogP contribution in [0.3, 0.4) is 0 Å². The quantitative estimate of drug-likeness (QED) is 0.244. The Bertz CT molecular complexity index is 1420. The van der Waals surface area contributed by atoms with Crippen LogP contribution in [0.2, 0.25) is 0 Å². The Morgan fingerprint density at radius 3 is 1.93 bits per heavy atom. The van der Waals surface area contributed by atoms with E-state index in [0.717, 1.165) is 24.3 Å². The zero-order valence-electron chi connectivity index (χ0n) is 22.0. The van der Waals surface area contributed by atoms with Crippen molar-refractivity contribution in [2.75, 3.05) is 6.54 Å². The van der Waals surface area contributed by atoms with Crippen LogP contribution in [0.25, 0.3) is 0 Å². The SMILES string of the molecule is OC(C1CCN([C@](Cc2ccccc2)(c2ccc(F)cc2)c2cc(F)cc(OC(F)(F)C(F)F)c2)O1)(C(F)(F)F)C(F)(F)F. The minimum Gasteiger partial charge on any atom is -0.428 e. The lowest BCUT2D eigenvalue weighted by atomic mass is 9.77. The van der Waals surface area contributed by atoms with Crippen LogP contribution in [0.15, 0.2) is 72.8 Å². The molecule has 1 aliphatic rings. The zero-order valence-corrected chi connectivity index (χ0v) is 22.0. The monoisotopic (exact) mass is 647 g/mol. The molecule has 44 heavy (non-hydrogen) atoms. The summed E-state index contributed by atoms with van der Waals surface area (Å²) in [4.78, 5) is 5.19. The maximum Gasteiger partial charge on any atom is 0.461 e. The molecule has 3 aromatic rings. The molecule has 0 radical (unpaired) electrons. The third kappa shape index (κ3) is 6.19. The second-order valence-electron chi connectivity index (χ2n) is 9.92. The molecule has 0 bridgehead atoms. The van der Waals surface area contributed by atoms with Gasteiger partial charge in [-0.1, -0.05) is 42.5 Å². The zero-order chi connectivity index (χ0) is 32.7. The van der Waals surface area contributed by atoms with Crippen molar-refractivity contribution in [2.24, 2.45) is 0 Å². The number of hydrogen-bond donors (Lipinski definition) is 1. The number of rotatable bonds is 9. The van der Waals surface area contributed by atoms with Crippen LogP contribution in [0.1, 0.15) is 23.1 Å². The highest BCUT2D eigenvalue weighted by molar-refractivity contribution is 5.44. The van der Waals surface area contributed by atoms with Gasteiger partial charge >= 0.3 is 24.9 Å². The normalized spacial score (nSPS) is 18.5. The van der Waals surface area contributed by atoms with Gasteiger partial charge in [0.15, 0.2) is 0 Å². The van der Waals surface area contributed by atoms with E-state index in [1.165, 1.54) is 24.3 Å². The van der Waals surface area contributed by atoms with E-state index in [1.807, 2.05) is 0 Å². The Hall–Kier alpha value is -3.50. The molecule has 0 aliphatic carbocycles. The van der Waals surface area contributed by atoms with Crippen molar-refractivity contribution in [3.63, 3.8) is 0 Å². The van der Waals surface area contributed by atoms with Crippen molar-refractivity contribution in [3.8, 4) is 5.75 Å². The summed E-state index contributed by atoms with van der Waals surface area (Å²) in [5.74, 6) is -3.39. The summed E-state index contributed by atoms with van der Waals surface area (Å²) >= 11 is 0. The summed E-state index contributed by atoms with van der Waals surface area (Å²) in [6.07, 6.45) is -26.7. The molecule has 1 heterocycles. The topological polar surface area (TPSA) is 41.9 Å². The lowest BCUT2D eigenvalue weighted by Gasteiger charge is -2.43. The molecule has 240 valence electrons. The van der Waals surface area contributed by atoms with Gasteiger partial charge in [0.1, 0.15) is 29.0 Å². The van der Waals surface area contributed by atoms with E-state index in [9.17, 15) is 57.8 Å². The third-order valence-corrected chi connectivity index (χ3v) is 7.09. The van der Waals surface area contributed by atoms with Gasteiger partial charge in [-0.25, -0.2) is 8.78 Å². The first-order valence-electron chi connectivity index (χ1n) is 12.6. The Labute approximate surface area is 241 Å². The van der Waals surface area contributed by atoms with Gasteiger partial charge in [0.25, 0.3) is 5.60 Å². The largest absolute Gasteiger partial charge is 0.461 e. The second-order valence-corrected chi connectivity index (χ2v) is 9.92. The van der Waals surface area contributed by atoms with E-state index in [4.69, 9.17) is 4.84 Å². The molecular formula is C28H21F12NO3. The van der Waals surface area contributed by atoms with Gasteiger partial charge in [0.2, 0.25) is 0 Å². The Kier molecular flexibility index (Phi) is 8.94. The van der Waals surface area contributed by atoms with Crippen molar-refractivity contribution in [2.45, 2.75) is 55.0 Å². The first-order chi connectivity index (χ1) is 20.3. The minimum atomic E-state index is -6.29. The molecule has 3 aromatic carbocycles. The smallest absolute Gasteiger partial charge is 0.428 e. The van der Waals surface area contributed by atoms with Crippen molar-refractivity contribution in [3.05, 3.63) is 101 Å². The molecule has 1 fully saturated rings. The van der Waals surface area contributed by atoms with Gasteiger partial charge in [-0.3, -0.25) is 4.84 Å². The van der Waals surface area contributed by atoms with Crippen LogP contribution in [-0.4, -0.2) is 53.3 Å². The number of nitrogens with zero attached hydrogens (tertiary/aromatic N) is 1. The first-order valence-corrected chi connectivity index (χ1v) is 12.6. The van der Waals surface area contributed by atoms with E-state index in [2.05, 4.69) is 4.74 Å². The summed E-state index contributed by atoms with van der Waals surface area (Å²) in [7, 11) is 0. The molecule has 0 amide bonds. The van der Waals surface area contributed by atoms with Gasteiger partial charge in [-0.2, -0.15) is 49.0 Å². The standard InChI is InChI=1S/C28H21F12NO3/c29-19-8-6-17(7-9-19)24(15-16-4-2-1-3-5-16,18-12-20(30)14-21(13-18)43-26(33,34)23(31)32)41-11-10-22(44-41)25(42,27(35,36)37)28(38,39)40/h1-9,12-14,22-23,42H,10-11,15H2/t22?,24-/m1/s1. The van der Waals surface area contributed by atoms with E-state index in [0.29, 0.717) is 23.3 Å². The fraction of sp³-hybridized carbons (Fsp3) is 0.357. The molecule has 2 atom stereocenters. The highest BCUT2D eigenvalue weighted by Gasteiger charge is 2.76. The van der Waals surface area contributed by atoms with Crippen LogP contribution >= 0.6 is 0 Å². The average molecular weight is 647 g/mol. The Morgan fingerprint density at radius 2 is 1.39 bits per heavy atom. The predicted molar refractivity (Wildman–Crippen MR) is 129 cm³/mol. The molecule has 4 nitrogen and oxygen atoms in total.